The Hall–Kier alpha value is -4.65. The number of amides is 1. The van der Waals surface area contributed by atoms with Gasteiger partial charge in [0, 0.05) is 47.9 Å². The number of carbonyl (C=O) groups excluding carboxylic acids is 1. The van der Waals surface area contributed by atoms with Crippen LogP contribution in [0, 0.1) is 0 Å². The largest absolute Gasteiger partial charge is 0.382 e. The highest BCUT2D eigenvalue weighted by molar-refractivity contribution is 6.07. The van der Waals surface area contributed by atoms with Gasteiger partial charge >= 0.3 is 0 Å². The molecule has 1 fully saturated rings. The van der Waals surface area contributed by atoms with Gasteiger partial charge in [-0.3, -0.25) is 9.20 Å². The number of likely N-dealkylation sites (tertiary alicyclic amines) is 1. The Balaban J connectivity index is 1.20. The number of rotatable bonds is 3. The number of para-hydroxylation sites is 1. The Kier molecular flexibility index (Phi) is 4.96. The van der Waals surface area contributed by atoms with Crippen LogP contribution in [-0.4, -0.2) is 43.2 Å². The predicted octanol–water partition coefficient (Wildman–Crippen LogP) is 5.63. The standard InChI is InChI=1S/C30H26N6O/c31-28-27-26(25-18-21-7-2-4-11-24(21)33-25)34-29(36(27)17-14-32-28)20-12-15-35(16-13-20)30(37)23-10-5-8-19-6-1-3-9-22(19)23/h1-11,14,17-18,20,33H,12-13,15-16H2,(H2,31,32). The summed E-state index contributed by atoms with van der Waals surface area (Å²) in [6.45, 7) is 1.37. The van der Waals surface area contributed by atoms with E-state index in [1.807, 2.05) is 65.7 Å². The normalized spacial score (nSPS) is 14.6. The topological polar surface area (TPSA) is 92.3 Å². The molecule has 7 rings (SSSR count). The molecular formula is C30H26N6O. The molecule has 0 saturated carbocycles. The van der Waals surface area contributed by atoms with Gasteiger partial charge in [-0.1, -0.05) is 54.6 Å². The monoisotopic (exact) mass is 486 g/mol. The fraction of sp³-hybridized carbons (Fsp3) is 0.167. The van der Waals surface area contributed by atoms with E-state index in [4.69, 9.17) is 10.7 Å². The van der Waals surface area contributed by atoms with E-state index in [1.54, 1.807) is 6.20 Å². The van der Waals surface area contributed by atoms with Gasteiger partial charge < -0.3 is 15.6 Å². The van der Waals surface area contributed by atoms with E-state index >= 15 is 0 Å². The molecule has 0 radical (unpaired) electrons. The van der Waals surface area contributed by atoms with Crippen LogP contribution < -0.4 is 5.73 Å². The summed E-state index contributed by atoms with van der Waals surface area (Å²) in [6, 6.07) is 24.3. The third-order valence-corrected chi connectivity index (χ3v) is 7.56. The summed E-state index contributed by atoms with van der Waals surface area (Å²) in [6.07, 6.45) is 5.34. The number of hydrogen-bond acceptors (Lipinski definition) is 4. The number of H-pyrrole nitrogens is 1. The average molecular weight is 487 g/mol. The van der Waals surface area contributed by atoms with Gasteiger partial charge in [0.1, 0.15) is 22.9 Å². The van der Waals surface area contributed by atoms with Crippen LogP contribution in [-0.2, 0) is 0 Å². The van der Waals surface area contributed by atoms with Gasteiger partial charge in [-0.15, -0.1) is 0 Å². The minimum absolute atomic E-state index is 0.0930. The lowest BCUT2D eigenvalue weighted by Crippen LogP contribution is -2.38. The third kappa shape index (κ3) is 3.54. The molecule has 1 saturated heterocycles. The van der Waals surface area contributed by atoms with Crippen LogP contribution in [0.15, 0.2) is 85.2 Å². The van der Waals surface area contributed by atoms with Gasteiger partial charge in [0.25, 0.3) is 5.91 Å². The number of aromatic amines is 1. The molecule has 0 spiro atoms. The van der Waals surface area contributed by atoms with Crippen molar-refractivity contribution in [3.8, 4) is 11.4 Å². The second kappa shape index (κ2) is 8.48. The second-order valence-electron chi connectivity index (χ2n) is 9.71. The van der Waals surface area contributed by atoms with Crippen LogP contribution >= 0.6 is 0 Å². The number of nitrogen functional groups attached to an aromatic ring is 1. The highest BCUT2D eigenvalue weighted by Crippen LogP contribution is 2.35. The maximum absolute atomic E-state index is 13.5. The molecule has 6 aromatic rings. The van der Waals surface area contributed by atoms with Crippen LogP contribution in [0.4, 0.5) is 5.82 Å². The number of anilines is 1. The molecule has 7 heteroatoms. The fourth-order valence-corrected chi connectivity index (χ4v) is 5.69. The SMILES string of the molecule is Nc1nccn2c(C3CCN(C(=O)c4cccc5ccccc45)CC3)nc(-c3cc4ccccc4[nH]3)c12. The predicted molar refractivity (Wildman–Crippen MR) is 147 cm³/mol. The molecule has 1 amide bonds. The zero-order valence-corrected chi connectivity index (χ0v) is 20.3. The zero-order valence-electron chi connectivity index (χ0n) is 20.3. The molecule has 3 aromatic heterocycles. The first-order valence-electron chi connectivity index (χ1n) is 12.6. The van der Waals surface area contributed by atoms with Crippen LogP contribution in [0.5, 0.6) is 0 Å². The smallest absolute Gasteiger partial charge is 0.254 e. The highest BCUT2D eigenvalue weighted by atomic mass is 16.2. The molecule has 1 aliphatic heterocycles. The summed E-state index contributed by atoms with van der Waals surface area (Å²) in [4.78, 5) is 28.4. The van der Waals surface area contributed by atoms with Gasteiger partial charge in [-0.2, -0.15) is 0 Å². The minimum atomic E-state index is 0.0930. The Bertz CT molecular complexity index is 1750. The van der Waals surface area contributed by atoms with Crippen molar-refractivity contribution in [1.82, 2.24) is 24.3 Å². The Morgan fingerprint density at radius 2 is 1.70 bits per heavy atom. The van der Waals surface area contributed by atoms with E-state index in [9.17, 15) is 4.79 Å². The van der Waals surface area contributed by atoms with Crippen molar-refractivity contribution >= 4 is 38.9 Å². The lowest BCUT2D eigenvalue weighted by atomic mass is 9.95. The average Bonchev–Trinajstić information content (AvgIpc) is 3.55. The van der Waals surface area contributed by atoms with E-state index in [2.05, 4.69) is 32.6 Å². The molecule has 182 valence electrons. The summed E-state index contributed by atoms with van der Waals surface area (Å²) in [5.41, 5.74) is 10.7. The van der Waals surface area contributed by atoms with Crippen LogP contribution in [0.2, 0.25) is 0 Å². The van der Waals surface area contributed by atoms with Crippen LogP contribution in [0.25, 0.3) is 38.6 Å². The Morgan fingerprint density at radius 3 is 2.54 bits per heavy atom. The number of fused-ring (bicyclic) bond motifs is 3. The minimum Gasteiger partial charge on any atom is -0.382 e. The summed E-state index contributed by atoms with van der Waals surface area (Å²) in [5, 5.41) is 3.22. The molecule has 3 aromatic carbocycles. The Labute approximate surface area is 213 Å². The van der Waals surface area contributed by atoms with Crippen molar-refractivity contribution in [2.24, 2.45) is 0 Å². The van der Waals surface area contributed by atoms with Crippen molar-refractivity contribution in [1.29, 1.82) is 0 Å². The van der Waals surface area contributed by atoms with Crippen LogP contribution in [0.1, 0.15) is 34.9 Å². The number of nitrogens with zero attached hydrogens (tertiary/aromatic N) is 4. The van der Waals surface area contributed by atoms with E-state index in [-0.39, 0.29) is 11.8 Å². The van der Waals surface area contributed by atoms with Crippen molar-refractivity contribution in [3.05, 3.63) is 96.6 Å². The molecule has 7 nitrogen and oxygen atoms in total. The summed E-state index contributed by atoms with van der Waals surface area (Å²) in [5.74, 6) is 1.73. The van der Waals surface area contributed by atoms with Gasteiger partial charge in [-0.05, 0) is 41.8 Å². The maximum Gasteiger partial charge on any atom is 0.254 e. The maximum atomic E-state index is 13.5. The van der Waals surface area contributed by atoms with Gasteiger partial charge in [0.2, 0.25) is 0 Å². The third-order valence-electron chi connectivity index (χ3n) is 7.56. The Morgan fingerprint density at radius 1 is 0.946 bits per heavy atom. The number of benzene rings is 3. The van der Waals surface area contributed by atoms with Crippen molar-refractivity contribution in [3.63, 3.8) is 0 Å². The zero-order chi connectivity index (χ0) is 24.9. The van der Waals surface area contributed by atoms with E-state index in [0.29, 0.717) is 18.9 Å². The molecule has 0 unspecified atom stereocenters. The number of imidazole rings is 1. The molecular weight excluding hydrogens is 460 g/mol. The summed E-state index contributed by atoms with van der Waals surface area (Å²) >= 11 is 0. The first-order chi connectivity index (χ1) is 18.2. The summed E-state index contributed by atoms with van der Waals surface area (Å²) < 4.78 is 2.08. The van der Waals surface area contributed by atoms with Crippen LogP contribution in [0.3, 0.4) is 0 Å². The van der Waals surface area contributed by atoms with Gasteiger partial charge in [0.15, 0.2) is 0 Å². The van der Waals surface area contributed by atoms with Crippen molar-refractivity contribution < 1.29 is 4.79 Å². The number of nitrogens with two attached hydrogens (primary N) is 1. The fourth-order valence-electron chi connectivity index (χ4n) is 5.69. The number of hydrogen-bond donors (Lipinski definition) is 2. The van der Waals surface area contributed by atoms with Crippen molar-refractivity contribution in [2.75, 3.05) is 18.8 Å². The molecule has 1 aliphatic rings. The number of carbonyl (C=O) groups is 1. The van der Waals surface area contributed by atoms with Gasteiger partial charge in [-0.25, -0.2) is 9.97 Å². The van der Waals surface area contributed by atoms with Crippen molar-refractivity contribution in [2.45, 2.75) is 18.8 Å². The molecule has 3 N–H and O–H groups in total. The lowest BCUT2D eigenvalue weighted by Gasteiger charge is -2.31. The highest BCUT2D eigenvalue weighted by Gasteiger charge is 2.29. The number of aromatic nitrogens is 4. The molecule has 0 atom stereocenters. The first-order valence-corrected chi connectivity index (χ1v) is 12.6. The van der Waals surface area contributed by atoms with Gasteiger partial charge in [0.05, 0.1) is 5.69 Å². The lowest BCUT2D eigenvalue weighted by molar-refractivity contribution is 0.0713. The molecule has 4 heterocycles. The van der Waals surface area contributed by atoms with E-state index in [0.717, 1.165) is 62.8 Å². The molecule has 0 aliphatic carbocycles. The molecule has 37 heavy (non-hydrogen) atoms. The first kappa shape index (κ1) is 21.6. The number of nitrogens with one attached hydrogen (secondary N) is 1. The molecule has 0 bridgehead atoms. The van der Waals surface area contributed by atoms with E-state index in [1.165, 1.54) is 0 Å². The number of piperidine rings is 1. The second-order valence-corrected chi connectivity index (χ2v) is 9.71. The quantitative estimate of drug-likeness (QED) is 0.339. The van der Waals surface area contributed by atoms with E-state index < -0.39 is 0 Å². The summed E-state index contributed by atoms with van der Waals surface area (Å²) in [7, 11) is 0.